The number of para-hydroxylation sites is 1. The summed E-state index contributed by atoms with van der Waals surface area (Å²) < 4.78 is 5.98. The summed E-state index contributed by atoms with van der Waals surface area (Å²) in [6.07, 6.45) is 0.906. The van der Waals surface area contributed by atoms with Crippen molar-refractivity contribution in [2.24, 2.45) is 5.92 Å². The van der Waals surface area contributed by atoms with E-state index in [2.05, 4.69) is 11.1 Å². The maximum absolute atomic E-state index is 13.1. The second-order valence-corrected chi connectivity index (χ2v) is 8.01. The van der Waals surface area contributed by atoms with Gasteiger partial charge in [-0.3, -0.25) is 4.79 Å². The van der Waals surface area contributed by atoms with E-state index >= 15 is 0 Å². The molecule has 0 spiro atoms. The maximum atomic E-state index is 13.1. The summed E-state index contributed by atoms with van der Waals surface area (Å²) in [6.45, 7) is 6.16. The van der Waals surface area contributed by atoms with Crippen molar-refractivity contribution < 1.29 is 9.53 Å². The number of nitriles is 1. The van der Waals surface area contributed by atoms with Crippen LogP contribution in [-0.4, -0.2) is 48.1 Å². The lowest BCUT2D eigenvalue weighted by Crippen LogP contribution is -2.53. The Bertz CT molecular complexity index is 921. The number of nitrogens with zero attached hydrogens (tertiary/aromatic N) is 4. The number of carbonyl (C=O) groups is 1. The molecular weight excluding hydrogens is 411 g/mol. The molecule has 0 bridgehead atoms. The predicted octanol–water partition coefficient (Wildman–Crippen LogP) is 4.01. The van der Waals surface area contributed by atoms with Crippen LogP contribution in [0.1, 0.15) is 19.4 Å². The number of amides is 1. The predicted molar refractivity (Wildman–Crippen MR) is 113 cm³/mol. The first-order chi connectivity index (χ1) is 13.9. The van der Waals surface area contributed by atoms with Gasteiger partial charge in [-0.05, 0) is 24.1 Å². The highest BCUT2D eigenvalue weighted by Crippen LogP contribution is 2.27. The number of ether oxygens (including phenoxy) is 1. The molecule has 2 aromatic rings. The van der Waals surface area contributed by atoms with Crippen molar-refractivity contribution in [1.29, 1.82) is 5.26 Å². The SMILES string of the molecule is CC(C)C(Oc1ccccc1C#N)C(=O)N1CCN(c2ncc(Cl)cc2Cl)CC1. The summed E-state index contributed by atoms with van der Waals surface area (Å²) in [5, 5.41) is 10.3. The van der Waals surface area contributed by atoms with Gasteiger partial charge in [0, 0.05) is 32.4 Å². The lowest BCUT2D eigenvalue weighted by atomic mass is 10.0. The summed E-state index contributed by atoms with van der Waals surface area (Å²) in [7, 11) is 0. The average molecular weight is 433 g/mol. The second kappa shape index (κ2) is 9.34. The molecule has 1 fully saturated rings. The molecule has 1 aromatic carbocycles. The Labute approximate surface area is 180 Å². The minimum Gasteiger partial charge on any atom is -0.479 e. The first-order valence-corrected chi connectivity index (χ1v) is 10.2. The maximum Gasteiger partial charge on any atom is 0.264 e. The van der Waals surface area contributed by atoms with Crippen LogP contribution in [0.2, 0.25) is 10.0 Å². The van der Waals surface area contributed by atoms with Crippen LogP contribution >= 0.6 is 23.2 Å². The van der Waals surface area contributed by atoms with Gasteiger partial charge in [-0.2, -0.15) is 5.26 Å². The number of rotatable bonds is 5. The molecule has 3 rings (SSSR count). The minimum absolute atomic E-state index is 0.0420. The zero-order valence-corrected chi connectivity index (χ0v) is 17.8. The molecule has 1 atom stereocenters. The van der Waals surface area contributed by atoms with Gasteiger partial charge in [0.05, 0.1) is 15.6 Å². The molecule has 8 heteroatoms. The molecular formula is C21H22Cl2N4O2. The highest BCUT2D eigenvalue weighted by Gasteiger charge is 2.32. The number of carbonyl (C=O) groups excluding carboxylic acids is 1. The summed E-state index contributed by atoms with van der Waals surface area (Å²) in [5.74, 6) is 0.975. The third kappa shape index (κ3) is 4.92. The van der Waals surface area contributed by atoms with Gasteiger partial charge in [0.2, 0.25) is 0 Å². The average Bonchev–Trinajstić information content (AvgIpc) is 2.72. The number of hydrogen-bond acceptors (Lipinski definition) is 5. The lowest BCUT2D eigenvalue weighted by molar-refractivity contribution is -0.141. The number of piperazine rings is 1. The van der Waals surface area contributed by atoms with Crippen molar-refractivity contribution in [1.82, 2.24) is 9.88 Å². The van der Waals surface area contributed by atoms with E-state index in [1.54, 1.807) is 41.4 Å². The van der Waals surface area contributed by atoms with Crippen molar-refractivity contribution in [3.8, 4) is 11.8 Å². The Balaban J connectivity index is 1.68. The van der Waals surface area contributed by atoms with Crippen molar-refractivity contribution in [3.05, 3.63) is 52.1 Å². The van der Waals surface area contributed by atoms with Crippen LogP contribution in [0.15, 0.2) is 36.5 Å². The molecule has 1 saturated heterocycles. The van der Waals surface area contributed by atoms with Gasteiger partial charge in [-0.25, -0.2) is 4.98 Å². The molecule has 1 unspecified atom stereocenters. The Morgan fingerprint density at radius 3 is 2.52 bits per heavy atom. The van der Waals surface area contributed by atoms with E-state index in [0.717, 1.165) is 0 Å². The van der Waals surface area contributed by atoms with Crippen molar-refractivity contribution in [2.75, 3.05) is 31.1 Å². The first-order valence-electron chi connectivity index (χ1n) is 9.41. The Morgan fingerprint density at radius 1 is 1.21 bits per heavy atom. The van der Waals surface area contributed by atoms with Crippen LogP contribution in [0.5, 0.6) is 5.75 Å². The lowest BCUT2D eigenvalue weighted by Gasteiger charge is -2.37. The summed E-state index contributed by atoms with van der Waals surface area (Å²) in [5.41, 5.74) is 0.416. The van der Waals surface area contributed by atoms with E-state index in [4.69, 9.17) is 27.9 Å². The van der Waals surface area contributed by atoms with E-state index in [1.807, 2.05) is 18.7 Å². The number of hydrogen-bond donors (Lipinski definition) is 0. The molecule has 152 valence electrons. The van der Waals surface area contributed by atoms with E-state index < -0.39 is 6.10 Å². The van der Waals surface area contributed by atoms with Crippen molar-refractivity contribution in [3.63, 3.8) is 0 Å². The molecule has 1 aromatic heterocycles. The third-order valence-corrected chi connectivity index (χ3v) is 5.27. The van der Waals surface area contributed by atoms with E-state index in [-0.39, 0.29) is 11.8 Å². The highest BCUT2D eigenvalue weighted by atomic mass is 35.5. The Hall–Kier alpha value is -2.49. The van der Waals surface area contributed by atoms with E-state index in [0.29, 0.717) is 53.4 Å². The fraction of sp³-hybridized carbons (Fsp3) is 0.381. The van der Waals surface area contributed by atoms with Crippen LogP contribution in [0, 0.1) is 17.2 Å². The molecule has 0 aliphatic carbocycles. The van der Waals surface area contributed by atoms with Gasteiger partial charge < -0.3 is 14.5 Å². The zero-order chi connectivity index (χ0) is 21.0. The molecule has 1 aliphatic heterocycles. The topological polar surface area (TPSA) is 69.5 Å². The van der Waals surface area contributed by atoms with Crippen LogP contribution in [0.25, 0.3) is 0 Å². The third-order valence-electron chi connectivity index (χ3n) is 4.79. The van der Waals surface area contributed by atoms with Crippen molar-refractivity contribution >= 4 is 34.9 Å². The largest absolute Gasteiger partial charge is 0.479 e. The van der Waals surface area contributed by atoms with Crippen LogP contribution in [-0.2, 0) is 4.79 Å². The molecule has 6 nitrogen and oxygen atoms in total. The summed E-state index contributed by atoms with van der Waals surface area (Å²) >= 11 is 12.2. The highest BCUT2D eigenvalue weighted by molar-refractivity contribution is 6.36. The number of aromatic nitrogens is 1. The van der Waals surface area contributed by atoms with Gasteiger partial charge >= 0.3 is 0 Å². The van der Waals surface area contributed by atoms with Gasteiger partial charge in [0.1, 0.15) is 17.6 Å². The Morgan fingerprint density at radius 2 is 1.90 bits per heavy atom. The molecule has 0 saturated carbocycles. The van der Waals surface area contributed by atoms with Gasteiger partial charge in [0.15, 0.2) is 6.10 Å². The fourth-order valence-electron chi connectivity index (χ4n) is 3.23. The molecule has 1 amide bonds. The molecule has 0 N–H and O–H groups in total. The normalized spacial score (nSPS) is 15.2. The summed E-state index contributed by atoms with van der Waals surface area (Å²) in [4.78, 5) is 21.3. The van der Waals surface area contributed by atoms with Crippen molar-refractivity contribution in [2.45, 2.75) is 20.0 Å². The van der Waals surface area contributed by atoms with Gasteiger partial charge in [0.25, 0.3) is 5.91 Å². The van der Waals surface area contributed by atoms with E-state index in [9.17, 15) is 10.1 Å². The quantitative estimate of drug-likeness (QED) is 0.713. The number of pyridine rings is 1. The molecule has 29 heavy (non-hydrogen) atoms. The fourth-order valence-corrected chi connectivity index (χ4v) is 3.73. The monoisotopic (exact) mass is 432 g/mol. The van der Waals surface area contributed by atoms with Gasteiger partial charge in [-0.1, -0.05) is 49.2 Å². The van der Waals surface area contributed by atoms with Crippen LogP contribution in [0.3, 0.4) is 0 Å². The first kappa shape index (κ1) is 21.2. The molecule has 0 radical (unpaired) electrons. The smallest absolute Gasteiger partial charge is 0.264 e. The Kier molecular flexibility index (Phi) is 6.83. The van der Waals surface area contributed by atoms with Gasteiger partial charge in [-0.15, -0.1) is 0 Å². The number of anilines is 1. The standard InChI is InChI=1S/C21H22Cl2N4O2/c1-14(2)19(29-18-6-4-3-5-15(18)12-24)21(28)27-9-7-26(8-10-27)20-17(23)11-16(22)13-25-20/h3-6,11,13-14,19H,7-10H2,1-2H3. The minimum atomic E-state index is -0.659. The second-order valence-electron chi connectivity index (χ2n) is 7.16. The van der Waals surface area contributed by atoms with Crippen LogP contribution in [0.4, 0.5) is 5.82 Å². The molecule has 2 heterocycles. The number of halogens is 2. The number of benzene rings is 1. The summed E-state index contributed by atoms with van der Waals surface area (Å²) in [6, 6.07) is 10.7. The zero-order valence-electron chi connectivity index (χ0n) is 16.3. The van der Waals surface area contributed by atoms with Crippen LogP contribution < -0.4 is 9.64 Å². The van der Waals surface area contributed by atoms with E-state index in [1.165, 1.54) is 0 Å². The molecule has 1 aliphatic rings.